The zero-order valence-electron chi connectivity index (χ0n) is 19.6. The van der Waals surface area contributed by atoms with Gasteiger partial charge in [-0.15, -0.1) is 0 Å². The Morgan fingerprint density at radius 2 is 1.41 bits per heavy atom. The summed E-state index contributed by atoms with van der Waals surface area (Å²) >= 11 is 0. The van der Waals surface area contributed by atoms with Crippen LogP contribution in [0.2, 0.25) is 0 Å². The lowest BCUT2D eigenvalue weighted by atomic mass is 10.0. The number of rotatable bonds is 9. The predicted octanol–water partition coefficient (Wildman–Crippen LogP) is 3.75. The van der Waals surface area contributed by atoms with Gasteiger partial charge in [0.1, 0.15) is 17.2 Å². The molecule has 0 radical (unpaired) electrons. The fourth-order valence-corrected chi connectivity index (χ4v) is 5.04. The van der Waals surface area contributed by atoms with E-state index < -0.39 is 10.0 Å². The minimum atomic E-state index is -3.68. The topological polar surface area (TPSA) is 71.1 Å². The molecule has 0 spiro atoms. The number of nitrogens with zero attached hydrogens (tertiary/aromatic N) is 2. The van der Waals surface area contributed by atoms with Gasteiger partial charge in [0.2, 0.25) is 10.0 Å². The van der Waals surface area contributed by atoms with E-state index in [4.69, 9.17) is 9.47 Å². The molecule has 0 aliphatic carbocycles. The predicted molar refractivity (Wildman–Crippen MR) is 133 cm³/mol. The van der Waals surface area contributed by atoms with Crippen LogP contribution in [0.3, 0.4) is 0 Å². The summed E-state index contributed by atoms with van der Waals surface area (Å²) in [5, 5.41) is 0. The summed E-state index contributed by atoms with van der Waals surface area (Å²) in [4.78, 5) is 4.83. The van der Waals surface area contributed by atoms with Crippen LogP contribution >= 0.6 is 0 Å². The Labute approximate surface area is 202 Å². The van der Waals surface area contributed by atoms with Crippen molar-refractivity contribution in [3.63, 3.8) is 0 Å². The van der Waals surface area contributed by atoms with Crippen LogP contribution in [0.25, 0.3) is 0 Å². The molecule has 1 heterocycles. The number of ether oxygens (including phenoxy) is 2. The first-order chi connectivity index (χ1) is 16.4. The third-order valence-corrected chi connectivity index (χ3v) is 7.50. The molecular formula is C26H31N3O4S. The second kappa shape index (κ2) is 11.0. The van der Waals surface area contributed by atoms with E-state index in [0.717, 1.165) is 37.5 Å². The third-order valence-electron chi connectivity index (χ3n) is 6.06. The Bertz CT molecular complexity index is 1140. The molecule has 0 amide bonds. The first-order valence-corrected chi connectivity index (χ1v) is 12.8. The normalized spacial score (nSPS) is 16.2. The van der Waals surface area contributed by atoms with Crippen LogP contribution in [-0.4, -0.2) is 65.1 Å². The second-order valence-corrected chi connectivity index (χ2v) is 10.1. The van der Waals surface area contributed by atoms with E-state index in [2.05, 4.69) is 21.6 Å². The smallest absolute Gasteiger partial charge is 0.240 e. The van der Waals surface area contributed by atoms with Crippen LogP contribution in [0, 0.1) is 0 Å². The van der Waals surface area contributed by atoms with Crippen LogP contribution in [0.4, 0.5) is 0 Å². The number of para-hydroxylation sites is 1. The summed E-state index contributed by atoms with van der Waals surface area (Å²) in [5.41, 5.74) is 1.06. The Morgan fingerprint density at radius 3 is 2.03 bits per heavy atom. The number of sulfonamides is 1. The Hall–Kier alpha value is -2.91. The molecule has 0 bridgehead atoms. The first kappa shape index (κ1) is 24.2. The molecule has 1 N–H and O–H groups in total. The van der Waals surface area contributed by atoms with E-state index in [0.29, 0.717) is 11.5 Å². The average molecular weight is 482 g/mol. The monoisotopic (exact) mass is 481 g/mol. The maximum absolute atomic E-state index is 13.1. The fraction of sp³-hybridized carbons (Fsp3) is 0.308. The molecule has 180 valence electrons. The van der Waals surface area contributed by atoms with Gasteiger partial charge >= 0.3 is 0 Å². The summed E-state index contributed by atoms with van der Waals surface area (Å²) in [5.74, 6) is 2.06. The quantitative estimate of drug-likeness (QED) is 0.502. The van der Waals surface area contributed by atoms with Crippen molar-refractivity contribution in [1.29, 1.82) is 0 Å². The standard InChI is InChI=1S/C26H31N3O4S/c1-28-16-18-29(19-17-28)26(21-8-10-22(32-2)11-9-21)20-27-34(30,31)25-14-12-24(13-15-25)33-23-6-4-3-5-7-23/h3-15,26-27H,16-20H2,1-2H3. The number of hydrogen-bond acceptors (Lipinski definition) is 6. The summed E-state index contributed by atoms with van der Waals surface area (Å²) in [6, 6.07) is 23.6. The molecule has 1 saturated heterocycles. The molecular weight excluding hydrogens is 450 g/mol. The molecule has 3 aromatic carbocycles. The van der Waals surface area contributed by atoms with Gasteiger partial charge in [0, 0.05) is 38.8 Å². The van der Waals surface area contributed by atoms with Gasteiger partial charge in [-0.25, -0.2) is 13.1 Å². The molecule has 1 atom stereocenters. The molecule has 34 heavy (non-hydrogen) atoms. The van der Waals surface area contributed by atoms with Crippen molar-refractivity contribution in [3.05, 3.63) is 84.4 Å². The largest absolute Gasteiger partial charge is 0.497 e. The lowest BCUT2D eigenvalue weighted by Crippen LogP contribution is -2.48. The molecule has 1 unspecified atom stereocenters. The van der Waals surface area contributed by atoms with Crippen molar-refractivity contribution in [2.24, 2.45) is 0 Å². The van der Waals surface area contributed by atoms with E-state index in [9.17, 15) is 8.42 Å². The van der Waals surface area contributed by atoms with Gasteiger partial charge in [-0.05, 0) is 61.1 Å². The van der Waals surface area contributed by atoms with Crippen molar-refractivity contribution in [1.82, 2.24) is 14.5 Å². The van der Waals surface area contributed by atoms with E-state index in [-0.39, 0.29) is 17.5 Å². The van der Waals surface area contributed by atoms with E-state index in [1.807, 2.05) is 54.6 Å². The van der Waals surface area contributed by atoms with Crippen LogP contribution < -0.4 is 14.2 Å². The third kappa shape index (κ3) is 6.15. The van der Waals surface area contributed by atoms with Crippen LogP contribution in [-0.2, 0) is 10.0 Å². The van der Waals surface area contributed by atoms with Crippen molar-refractivity contribution >= 4 is 10.0 Å². The zero-order valence-corrected chi connectivity index (χ0v) is 20.4. The molecule has 1 fully saturated rings. The van der Waals surface area contributed by atoms with Crippen molar-refractivity contribution in [3.8, 4) is 17.2 Å². The van der Waals surface area contributed by atoms with Gasteiger partial charge in [-0.1, -0.05) is 30.3 Å². The highest BCUT2D eigenvalue weighted by Gasteiger charge is 2.26. The fourth-order valence-electron chi connectivity index (χ4n) is 4.00. The number of hydrogen-bond donors (Lipinski definition) is 1. The summed E-state index contributed by atoms with van der Waals surface area (Å²) in [6.45, 7) is 3.92. The van der Waals surface area contributed by atoms with Crippen LogP contribution in [0.5, 0.6) is 17.2 Å². The maximum atomic E-state index is 13.1. The number of nitrogens with one attached hydrogen (secondary N) is 1. The van der Waals surface area contributed by atoms with Crippen molar-refractivity contribution in [2.75, 3.05) is 46.9 Å². The summed E-state index contributed by atoms with van der Waals surface area (Å²) < 4.78 is 40.0. The summed E-state index contributed by atoms with van der Waals surface area (Å²) in [7, 11) is 0.0584. The van der Waals surface area contributed by atoms with Gasteiger partial charge in [0.15, 0.2) is 0 Å². The SMILES string of the molecule is COc1ccc(C(CNS(=O)(=O)c2ccc(Oc3ccccc3)cc2)N2CCN(C)CC2)cc1. The zero-order chi connectivity index (χ0) is 24.0. The number of piperazine rings is 1. The highest BCUT2D eigenvalue weighted by atomic mass is 32.2. The highest BCUT2D eigenvalue weighted by molar-refractivity contribution is 7.89. The molecule has 1 aliphatic heterocycles. The van der Waals surface area contributed by atoms with Gasteiger partial charge < -0.3 is 14.4 Å². The molecule has 8 heteroatoms. The van der Waals surface area contributed by atoms with Gasteiger partial charge in [0.05, 0.1) is 12.0 Å². The lowest BCUT2D eigenvalue weighted by Gasteiger charge is -2.38. The number of benzene rings is 3. The summed E-state index contributed by atoms with van der Waals surface area (Å²) in [6.07, 6.45) is 0. The van der Waals surface area contributed by atoms with Crippen molar-refractivity contribution in [2.45, 2.75) is 10.9 Å². The van der Waals surface area contributed by atoms with Gasteiger partial charge in [0.25, 0.3) is 0 Å². The average Bonchev–Trinajstić information content (AvgIpc) is 2.86. The molecule has 7 nitrogen and oxygen atoms in total. The maximum Gasteiger partial charge on any atom is 0.240 e. The number of methoxy groups -OCH3 is 1. The molecule has 1 aliphatic rings. The Kier molecular flexibility index (Phi) is 7.84. The van der Waals surface area contributed by atoms with E-state index >= 15 is 0 Å². The Balaban J connectivity index is 1.46. The van der Waals surface area contributed by atoms with E-state index in [1.165, 1.54) is 0 Å². The molecule has 0 saturated carbocycles. The molecule has 3 aromatic rings. The first-order valence-electron chi connectivity index (χ1n) is 11.3. The van der Waals surface area contributed by atoms with Crippen LogP contribution in [0.15, 0.2) is 83.8 Å². The lowest BCUT2D eigenvalue weighted by molar-refractivity contribution is 0.113. The van der Waals surface area contributed by atoms with Gasteiger partial charge in [-0.3, -0.25) is 4.90 Å². The van der Waals surface area contributed by atoms with Crippen molar-refractivity contribution < 1.29 is 17.9 Å². The minimum absolute atomic E-state index is 0.0740. The number of likely N-dealkylation sites (N-methyl/N-ethyl adjacent to an activating group) is 1. The molecule has 0 aromatic heterocycles. The molecule has 4 rings (SSSR count). The highest BCUT2D eigenvalue weighted by Crippen LogP contribution is 2.26. The minimum Gasteiger partial charge on any atom is -0.497 e. The Morgan fingerprint density at radius 1 is 0.824 bits per heavy atom. The van der Waals surface area contributed by atoms with Gasteiger partial charge in [-0.2, -0.15) is 0 Å². The van der Waals surface area contributed by atoms with Crippen LogP contribution in [0.1, 0.15) is 11.6 Å². The van der Waals surface area contributed by atoms with E-state index in [1.54, 1.807) is 31.4 Å². The second-order valence-electron chi connectivity index (χ2n) is 8.37.